The average molecular weight is 432 g/mol. The fraction of sp³-hybridized carbons (Fsp3) is 0.321. The van der Waals surface area contributed by atoms with Crippen molar-refractivity contribution in [2.45, 2.75) is 57.3 Å². The molecule has 2 nitrogen and oxygen atoms in total. The van der Waals surface area contributed by atoms with Crippen molar-refractivity contribution in [3.8, 4) is 5.75 Å². The molecule has 0 bridgehead atoms. The van der Waals surface area contributed by atoms with Crippen LogP contribution in [-0.4, -0.2) is 17.1 Å². The van der Waals surface area contributed by atoms with Gasteiger partial charge < -0.3 is 5.11 Å². The van der Waals surface area contributed by atoms with E-state index in [0.717, 1.165) is 33.0 Å². The molecule has 0 unspecified atom stereocenters. The third-order valence-electron chi connectivity index (χ3n) is 5.40. The van der Waals surface area contributed by atoms with Crippen LogP contribution in [0.2, 0.25) is 0 Å². The Morgan fingerprint density at radius 2 is 1.42 bits per heavy atom. The van der Waals surface area contributed by atoms with Gasteiger partial charge in [0, 0.05) is 21.6 Å². The van der Waals surface area contributed by atoms with E-state index in [-0.39, 0.29) is 10.8 Å². The number of benzene rings is 3. The maximum absolute atomic E-state index is 11.5. The first kappa shape index (κ1) is 23.1. The van der Waals surface area contributed by atoms with Crippen LogP contribution in [0.1, 0.15) is 63.8 Å². The zero-order valence-corrected chi connectivity index (χ0v) is 20.5. The van der Waals surface area contributed by atoms with E-state index in [2.05, 4.69) is 78.1 Å². The molecule has 0 aromatic heterocycles. The van der Waals surface area contributed by atoms with E-state index >= 15 is 0 Å². The van der Waals surface area contributed by atoms with Gasteiger partial charge in [-0.3, -0.25) is 0 Å². The van der Waals surface area contributed by atoms with Gasteiger partial charge in [-0.25, -0.2) is 4.99 Å². The number of phenols is 1. The molecule has 3 aromatic carbocycles. The normalized spacial score (nSPS) is 12.8. The van der Waals surface area contributed by atoms with Crippen molar-refractivity contribution < 1.29 is 5.11 Å². The number of para-hydroxylation sites is 1. The SMILES string of the molecule is CSc1ccccc1/N=C(\c1ccccc1)c1cc(C(C)(C)C)cc(C(C)(C)C)c1O. The van der Waals surface area contributed by atoms with Crippen LogP contribution in [-0.2, 0) is 10.8 Å². The van der Waals surface area contributed by atoms with Gasteiger partial charge in [-0.2, -0.15) is 0 Å². The Kier molecular flexibility index (Phi) is 6.66. The summed E-state index contributed by atoms with van der Waals surface area (Å²) in [7, 11) is 0. The molecule has 0 aliphatic heterocycles. The summed E-state index contributed by atoms with van der Waals surface area (Å²) in [5, 5.41) is 11.5. The Balaban J connectivity index is 2.38. The molecule has 3 rings (SSSR count). The standard InChI is InChI=1S/C28H33NOS/c1-27(2,3)20-17-21(26(30)22(18-20)28(4,5)6)25(19-13-9-8-10-14-19)29-23-15-11-12-16-24(23)31-7/h8-18,30H,1-7H3/b29-25+. The summed E-state index contributed by atoms with van der Waals surface area (Å²) in [6, 6.07) is 22.6. The van der Waals surface area contributed by atoms with Crippen molar-refractivity contribution >= 4 is 23.2 Å². The molecule has 0 atom stereocenters. The van der Waals surface area contributed by atoms with Gasteiger partial charge in [0.1, 0.15) is 5.75 Å². The average Bonchev–Trinajstić information content (AvgIpc) is 2.71. The van der Waals surface area contributed by atoms with E-state index in [9.17, 15) is 5.11 Å². The molecule has 0 amide bonds. The molecule has 0 spiro atoms. The highest BCUT2D eigenvalue weighted by atomic mass is 32.2. The monoisotopic (exact) mass is 431 g/mol. The Morgan fingerprint density at radius 1 is 0.806 bits per heavy atom. The molecule has 162 valence electrons. The molecular weight excluding hydrogens is 398 g/mol. The quantitative estimate of drug-likeness (QED) is 0.336. The van der Waals surface area contributed by atoms with Crippen LogP contribution in [0.4, 0.5) is 5.69 Å². The van der Waals surface area contributed by atoms with Gasteiger partial charge in [0.05, 0.1) is 11.4 Å². The summed E-state index contributed by atoms with van der Waals surface area (Å²) >= 11 is 1.68. The van der Waals surface area contributed by atoms with Crippen LogP contribution in [0.15, 0.2) is 76.6 Å². The van der Waals surface area contributed by atoms with Crippen molar-refractivity contribution in [3.63, 3.8) is 0 Å². The third kappa shape index (κ3) is 5.22. The molecule has 0 aliphatic carbocycles. The summed E-state index contributed by atoms with van der Waals surface area (Å²) in [6.45, 7) is 13.0. The molecule has 3 heteroatoms. The zero-order valence-electron chi connectivity index (χ0n) is 19.7. The van der Waals surface area contributed by atoms with Crippen LogP contribution >= 0.6 is 11.8 Å². The largest absolute Gasteiger partial charge is 0.507 e. The highest BCUT2D eigenvalue weighted by Gasteiger charge is 2.27. The first-order chi connectivity index (χ1) is 14.5. The predicted molar refractivity (Wildman–Crippen MR) is 135 cm³/mol. The minimum absolute atomic E-state index is 0.0541. The zero-order chi connectivity index (χ0) is 22.8. The number of nitrogens with zero attached hydrogens (tertiary/aromatic N) is 1. The fourth-order valence-electron chi connectivity index (χ4n) is 3.54. The maximum atomic E-state index is 11.5. The number of phenolic OH excluding ortho intramolecular Hbond substituents is 1. The molecule has 0 saturated heterocycles. The molecule has 3 aromatic rings. The number of hydrogen-bond acceptors (Lipinski definition) is 3. The van der Waals surface area contributed by atoms with Gasteiger partial charge in [0.25, 0.3) is 0 Å². The topological polar surface area (TPSA) is 32.6 Å². The van der Waals surface area contributed by atoms with Crippen molar-refractivity contribution in [2.75, 3.05) is 6.26 Å². The van der Waals surface area contributed by atoms with Crippen molar-refractivity contribution in [2.24, 2.45) is 4.99 Å². The molecule has 0 heterocycles. The van der Waals surface area contributed by atoms with Crippen LogP contribution in [0.25, 0.3) is 0 Å². The Labute approximate surface area is 191 Å². The second-order valence-corrected chi connectivity index (χ2v) is 10.8. The van der Waals surface area contributed by atoms with E-state index < -0.39 is 0 Å². The van der Waals surface area contributed by atoms with Crippen LogP contribution < -0.4 is 0 Å². The Bertz CT molecular complexity index is 1090. The van der Waals surface area contributed by atoms with Gasteiger partial charge in [-0.15, -0.1) is 11.8 Å². The van der Waals surface area contributed by atoms with E-state index in [1.807, 2.05) is 36.4 Å². The first-order valence-corrected chi connectivity index (χ1v) is 11.9. The van der Waals surface area contributed by atoms with Crippen molar-refractivity contribution in [3.05, 3.63) is 89.0 Å². The van der Waals surface area contributed by atoms with Crippen molar-refractivity contribution in [1.29, 1.82) is 0 Å². The van der Waals surface area contributed by atoms with E-state index in [4.69, 9.17) is 4.99 Å². The summed E-state index contributed by atoms with van der Waals surface area (Å²) in [4.78, 5) is 6.22. The smallest absolute Gasteiger partial charge is 0.128 e. The van der Waals surface area contributed by atoms with Crippen molar-refractivity contribution in [1.82, 2.24) is 0 Å². The Hall–Kier alpha value is -2.52. The lowest BCUT2D eigenvalue weighted by atomic mass is 9.78. The lowest BCUT2D eigenvalue weighted by Gasteiger charge is -2.28. The highest BCUT2D eigenvalue weighted by molar-refractivity contribution is 7.98. The third-order valence-corrected chi connectivity index (χ3v) is 6.19. The summed E-state index contributed by atoms with van der Waals surface area (Å²) in [5.41, 5.74) is 5.34. The van der Waals surface area contributed by atoms with Gasteiger partial charge in [0.2, 0.25) is 0 Å². The summed E-state index contributed by atoms with van der Waals surface area (Å²) in [6.07, 6.45) is 2.06. The van der Waals surface area contributed by atoms with E-state index in [0.29, 0.717) is 5.75 Å². The number of rotatable bonds is 4. The number of aliphatic imine (C=N–C) groups is 1. The molecule has 0 fully saturated rings. The number of aromatic hydroxyl groups is 1. The summed E-state index contributed by atoms with van der Waals surface area (Å²) in [5.74, 6) is 0.310. The Morgan fingerprint density at radius 3 is 2.00 bits per heavy atom. The lowest BCUT2D eigenvalue weighted by Crippen LogP contribution is -2.19. The van der Waals surface area contributed by atoms with Gasteiger partial charge in [-0.05, 0) is 40.8 Å². The predicted octanol–water partition coefficient (Wildman–Crippen LogP) is 7.88. The molecular formula is C28H33NOS. The van der Waals surface area contributed by atoms with E-state index in [1.54, 1.807) is 11.8 Å². The molecule has 1 N–H and O–H groups in total. The molecule has 31 heavy (non-hydrogen) atoms. The second kappa shape index (κ2) is 8.92. The van der Waals surface area contributed by atoms with E-state index in [1.165, 1.54) is 5.56 Å². The minimum atomic E-state index is -0.195. The molecule has 0 radical (unpaired) electrons. The fourth-order valence-corrected chi connectivity index (χ4v) is 4.08. The number of hydrogen-bond donors (Lipinski definition) is 1. The molecule has 0 saturated carbocycles. The second-order valence-electron chi connectivity index (χ2n) is 9.92. The van der Waals surface area contributed by atoms with Crippen LogP contribution in [0.5, 0.6) is 5.75 Å². The minimum Gasteiger partial charge on any atom is -0.507 e. The maximum Gasteiger partial charge on any atom is 0.128 e. The highest BCUT2D eigenvalue weighted by Crippen LogP contribution is 2.39. The van der Waals surface area contributed by atoms with Gasteiger partial charge in [0.15, 0.2) is 0 Å². The van der Waals surface area contributed by atoms with Gasteiger partial charge >= 0.3 is 0 Å². The van der Waals surface area contributed by atoms with Crippen LogP contribution in [0, 0.1) is 0 Å². The number of thioether (sulfide) groups is 1. The van der Waals surface area contributed by atoms with Crippen LogP contribution in [0.3, 0.4) is 0 Å². The molecule has 0 aliphatic rings. The first-order valence-electron chi connectivity index (χ1n) is 10.7. The summed E-state index contributed by atoms with van der Waals surface area (Å²) < 4.78 is 0. The van der Waals surface area contributed by atoms with Gasteiger partial charge in [-0.1, -0.05) is 90.1 Å². The lowest BCUT2D eigenvalue weighted by molar-refractivity contribution is 0.443.